The third-order valence-electron chi connectivity index (χ3n) is 4.02. The molecule has 0 aliphatic carbocycles. The van der Waals surface area contributed by atoms with Gasteiger partial charge >= 0.3 is 0 Å². The number of rotatable bonds is 8. The van der Waals surface area contributed by atoms with E-state index in [4.69, 9.17) is 5.11 Å². The summed E-state index contributed by atoms with van der Waals surface area (Å²) in [5.41, 5.74) is 1.53. The lowest BCUT2D eigenvalue weighted by molar-refractivity contribution is 0.284. The van der Waals surface area contributed by atoms with Gasteiger partial charge in [0, 0.05) is 24.1 Å². The topological polar surface area (TPSA) is 108 Å². The number of hydrogen-bond donors (Lipinski definition) is 3. The zero-order chi connectivity index (χ0) is 19.3. The van der Waals surface area contributed by atoms with Crippen LogP contribution in [0.3, 0.4) is 0 Å². The summed E-state index contributed by atoms with van der Waals surface area (Å²) < 4.78 is 26.0. The maximum atomic E-state index is 13.0. The van der Waals surface area contributed by atoms with Crippen LogP contribution in [0, 0.1) is 6.92 Å². The normalized spacial score (nSPS) is 11.5. The number of unbranched alkanes of at least 4 members (excludes halogenated alkanes) is 1. The number of benzene rings is 1. The molecule has 0 saturated heterocycles. The predicted octanol–water partition coefficient (Wildman–Crippen LogP) is 3.00. The minimum absolute atomic E-state index is 0.0969. The minimum atomic E-state index is -3.66. The molecule has 0 aliphatic rings. The monoisotopic (exact) mass is 386 g/mol. The van der Waals surface area contributed by atoms with Gasteiger partial charge in [0.1, 0.15) is 5.82 Å². The smallest absolute Gasteiger partial charge is 0.206 e. The van der Waals surface area contributed by atoms with Gasteiger partial charge in [0.2, 0.25) is 9.84 Å². The Hall–Kier alpha value is -2.71. The minimum Gasteiger partial charge on any atom is -0.396 e. The average molecular weight is 386 g/mol. The number of anilines is 2. The van der Waals surface area contributed by atoms with E-state index in [-0.39, 0.29) is 16.4 Å². The number of sulfone groups is 1. The van der Waals surface area contributed by atoms with E-state index >= 15 is 0 Å². The van der Waals surface area contributed by atoms with Crippen LogP contribution in [0.5, 0.6) is 0 Å². The first-order valence-corrected chi connectivity index (χ1v) is 10.2. The van der Waals surface area contributed by atoms with Crippen molar-refractivity contribution in [3.05, 3.63) is 59.9 Å². The van der Waals surface area contributed by atoms with Crippen molar-refractivity contribution in [2.24, 2.45) is 0 Å². The van der Waals surface area contributed by atoms with Gasteiger partial charge in [-0.1, -0.05) is 18.2 Å². The average Bonchev–Trinajstić information content (AvgIpc) is 3.07. The summed E-state index contributed by atoms with van der Waals surface area (Å²) in [6.45, 7) is 1.97. The van der Waals surface area contributed by atoms with E-state index in [1.165, 1.54) is 6.07 Å². The molecule has 7 nitrogen and oxygen atoms in total. The zero-order valence-corrected chi connectivity index (χ0v) is 15.8. The molecular formula is C19H22N4O3S. The van der Waals surface area contributed by atoms with Gasteiger partial charge in [-0.15, -0.1) is 0 Å². The van der Waals surface area contributed by atoms with Gasteiger partial charge in [-0.2, -0.15) is 5.10 Å². The first-order chi connectivity index (χ1) is 13.0. The van der Waals surface area contributed by atoms with E-state index < -0.39 is 9.84 Å². The number of aryl methyl sites for hydroxylation is 2. The predicted molar refractivity (Wildman–Crippen MR) is 103 cm³/mol. The molecule has 0 aliphatic heterocycles. The third-order valence-corrected chi connectivity index (χ3v) is 5.77. The summed E-state index contributed by atoms with van der Waals surface area (Å²) in [5.74, 6) is 0.980. The summed E-state index contributed by atoms with van der Waals surface area (Å²) in [5, 5.41) is 19.0. The molecule has 142 valence electrons. The molecule has 3 aromatic rings. The Labute approximate surface area is 158 Å². The standard InChI is InChI=1S/C19H22N4O3S/c1-14-11-19(23-22-14)21-18-13-17(12-15(20-18)7-5-6-10-24)27(25,26)16-8-3-2-4-9-16/h2-4,8-9,11-13,24H,5-7,10H2,1H3,(H2,20,21,22,23). The van der Waals surface area contributed by atoms with E-state index in [0.717, 1.165) is 12.1 Å². The van der Waals surface area contributed by atoms with Gasteiger partial charge < -0.3 is 10.4 Å². The van der Waals surface area contributed by atoms with Crippen LogP contribution in [-0.4, -0.2) is 35.3 Å². The number of hydrogen-bond acceptors (Lipinski definition) is 6. The molecule has 0 amide bonds. The van der Waals surface area contributed by atoms with Crippen LogP contribution in [0.2, 0.25) is 0 Å². The molecular weight excluding hydrogens is 364 g/mol. The Morgan fingerprint density at radius 3 is 2.48 bits per heavy atom. The van der Waals surface area contributed by atoms with Crippen LogP contribution in [0.15, 0.2) is 58.3 Å². The Kier molecular flexibility index (Phi) is 5.88. The molecule has 3 rings (SSSR count). The van der Waals surface area contributed by atoms with Crippen molar-refractivity contribution < 1.29 is 13.5 Å². The Morgan fingerprint density at radius 1 is 1.04 bits per heavy atom. The summed E-state index contributed by atoms with van der Waals surface area (Å²) >= 11 is 0. The van der Waals surface area contributed by atoms with Crippen molar-refractivity contribution in [2.45, 2.75) is 36.0 Å². The van der Waals surface area contributed by atoms with Crippen LogP contribution >= 0.6 is 0 Å². The van der Waals surface area contributed by atoms with Gasteiger partial charge in [0.25, 0.3) is 0 Å². The van der Waals surface area contributed by atoms with Crippen LogP contribution in [-0.2, 0) is 16.3 Å². The summed E-state index contributed by atoms with van der Waals surface area (Å²) in [7, 11) is -3.66. The molecule has 0 radical (unpaired) electrons. The molecule has 3 N–H and O–H groups in total. The number of pyridine rings is 1. The fourth-order valence-electron chi connectivity index (χ4n) is 2.67. The molecule has 0 atom stereocenters. The van der Waals surface area contributed by atoms with Crippen molar-refractivity contribution in [3.8, 4) is 0 Å². The number of nitrogens with one attached hydrogen (secondary N) is 2. The summed E-state index contributed by atoms with van der Waals surface area (Å²) in [6, 6.07) is 13.2. The molecule has 2 aromatic heterocycles. The number of nitrogens with zero attached hydrogens (tertiary/aromatic N) is 2. The summed E-state index contributed by atoms with van der Waals surface area (Å²) in [6.07, 6.45) is 1.94. The molecule has 8 heteroatoms. The van der Waals surface area contributed by atoms with Crippen LogP contribution < -0.4 is 5.32 Å². The molecule has 2 heterocycles. The number of aromatic nitrogens is 3. The molecule has 0 spiro atoms. The van der Waals surface area contributed by atoms with Crippen LogP contribution in [0.1, 0.15) is 24.2 Å². The molecule has 27 heavy (non-hydrogen) atoms. The number of H-pyrrole nitrogens is 1. The highest BCUT2D eigenvalue weighted by Gasteiger charge is 2.19. The lowest BCUT2D eigenvalue weighted by Gasteiger charge is -2.10. The van der Waals surface area contributed by atoms with Crippen molar-refractivity contribution >= 4 is 21.5 Å². The first-order valence-electron chi connectivity index (χ1n) is 8.70. The molecule has 0 saturated carbocycles. The van der Waals surface area contributed by atoms with Crippen molar-refractivity contribution in [2.75, 3.05) is 11.9 Å². The van der Waals surface area contributed by atoms with Crippen LogP contribution in [0.4, 0.5) is 11.6 Å². The van der Waals surface area contributed by atoms with Crippen molar-refractivity contribution in [1.29, 1.82) is 0 Å². The third kappa shape index (κ3) is 4.72. The molecule has 0 bridgehead atoms. The fourth-order valence-corrected chi connectivity index (χ4v) is 4.02. The Bertz CT molecular complexity index is 1000. The number of aliphatic hydroxyl groups excluding tert-OH is 1. The lowest BCUT2D eigenvalue weighted by Crippen LogP contribution is -2.06. The fraction of sp³-hybridized carbons (Fsp3) is 0.263. The number of aromatic amines is 1. The maximum Gasteiger partial charge on any atom is 0.206 e. The van der Waals surface area contributed by atoms with E-state index in [2.05, 4.69) is 20.5 Å². The van der Waals surface area contributed by atoms with E-state index in [9.17, 15) is 8.42 Å². The van der Waals surface area contributed by atoms with E-state index in [1.54, 1.807) is 36.4 Å². The Morgan fingerprint density at radius 2 is 1.81 bits per heavy atom. The molecule has 0 fully saturated rings. The van der Waals surface area contributed by atoms with Gasteiger partial charge in [-0.25, -0.2) is 13.4 Å². The quantitative estimate of drug-likeness (QED) is 0.514. The molecule has 1 aromatic carbocycles. The Balaban J connectivity index is 1.98. The second-order valence-electron chi connectivity index (χ2n) is 6.24. The maximum absolute atomic E-state index is 13.0. The second kappa shape index (κ2) is 8.32. The summed E-state index contributed by atoms with van der Waals surface area (Å²) in [4.78, 5) is 4.92. The van der Waals surface area contributed by atoms with Gasteiger partial charge in [-0.3, -0.25) is 5.10 Å². The van der Waals surface area contributed by atoms with Crippen molar-refractivity contribution in [1.82, 2.24) is 15.2 Å². The SMILES string of the molecule is Cc1cc(Nc2cc(S(=O)(=O)c3ccccc3)cc(CCCCO)n2)n[nH]1. The highest BCUT2D eigenvalue weighted by Crippen LogP contribution is 2.25. The highest BCUT2D eigenvalue weighted by atomic mass is 32.2. The zero-order valence-electron chi connectivity index (χ0n) is 15.0. The van der Waals surface area contributed by atoms with Crippen molar-refractivity contribution in [3.63, 3.8) is 0 Å². The van der Waals surface area contributed by atoms with E-state index in [0.29, 0.717) is 30.2 Å². The first kappa shape index (κ1) is 19.1. The van der Waals surface area contributed by atoms with Crippen LogP contribution in [0.25, 0.3) is 0 Å². The lowest BCUT2D eigenvalue weighted by atomic mass is 10.2. The highest BCUT2D eigenvalue weighted by molar-refractivity contribution is 7.91. The molecule has 0 unspecified atom stereocenters. The van der Waals surface area contributed by atoms with Gasteiger partial charge in [-0.05, 0) is 50.5 Å². The second-order valence-corrected chi connectivity index (χ2v) is 8.19. The largest absolute Gasteiger partial charge is 0.396 e. The number of aliphatic hydroxyl groups is 1. The van der Waals surface area contributed by atoms with E-state index in [1.807, 2.05) is 13.0 Å². The van der Waals surface area contributed by atoms with Gasteiger partial charge in [0.05, 0.1) is 9.79 Å². The van der Waals surface area contributed by atoms with Gasteiger partial charge in [0.15, 0.2) is 5.82 Å².